The molecule has 0 aromatic heterocycles. The molecule has 0 aliphatic heterocycles. The number of carbonyl (C=O) groups excluding carboxylic acids is 1. The van der Waals surface area contributed by atoms with Crippen LogP contribution in [-0.2, 0) is 4.74 Å². The van der Waals surface area contributed by atoms with Gasteiger partial charge in [0, 0.05) is 13.1 Å². The van der Waals surface area contributed by atoms with Gasteiger partial charge in [0.15, 0.2) is 0 Å². The Balaban J connectivity index is 4.00. The maximum absolute atomic E-state index is 11.4. The van der Waals surface area contributed by atoms with Crippen molar-refractivity contribution in [2.45, 2.75) is 46.8 Å². The molecule has 0 aromatic rings. The van der Waals surface area contributed by atoms with Gasteiger partial charge in [0.2, 0.25) is 0 Å². The van der Waals surface area contributed by atoms with E-state index in [4.69, 9.17) is 4.74 Å². The lowest BCUT2D eigenvalue weighted by molar-refractivity contribution is 0.0506. The van der Waals surface area contributed by atoms with Crippen molar-refractivity contribution >= 4 is 6.09 Å². The Kier molecular flexibility index (Phi) is 4.81. The fourth-order valence-electron chi connectivity index (χ4n) is 0.589. The highest BCUT2D eigenvalue weighted by atomic mass is 16.6. The van der Waals surface area contributed by atoms with Crippen LogP contribution in [0.4, 0.5) is 4.79 Å². The largest absolute Gasteiger partial charge is 0.446 e. The summed E-state index contributed by atoms with van der Waals surface area (Å²) < 4.78 is 5.22. The second kappa shape index (κ2) is 5.10. The Hall–Kier alpha value is -0.730. The zero-order valence-electron chi connectivity index (χ0n) is 9.50. The first-order chi connectivity index (χ1) is 5.86. The van der Waals surface area contributed by atoms with Crippen molar-refractivity contribution in [3.8, 4) is 0 Å². The van der Waals surface area contributed by atoms with Gasteiger partial charge in [0.05, 0.1) is 0 Å². The maximum Gasteiger partial charge on any atom is 0.410 e. The number of carbonyl (C=O) groups is 1. The third-order valence-electron chi connectivity index (χ3n) is 2.29. The molecule has 13 heavy (non-hydrogen) atoms. The lowest BCUT2D eigenvalue weighted by Crippen LogP contribution is -2.36. The molecule has 0 aromatic carbocycles. The number of ether oxygens (including phenoxy) is 1. The van der Waals surface area contributed by atoms with Gasteiger partial charge >= 0.3 is 6.09 Å². The Morgan fingerprint density at radius 2 is 1.62 bits per heavy atom. The third kappa shape index (κ3) is 4.15. The minimum atomic E-state index is -0.240. The van der Waals surface area contributed by atoms with Crippen LogP contribution < -0.4 is 0 Å². The summed E-state index contributed by atoms with van der Waals surface area (Å²) in [6.45, 7) is 9.90. The van der Waals surface area contributed by atoms with Crippen LogP contribution in [0.25, 0.3) is 0 Å². The second-order valence-electron chi connectivity index (χ2n) is 4.04. The predicted octanol–water partition coefficient (Wildman–Crippen LogP) is 2.51. The average Bonchev–Trinajstić information content (AvgIpc) is 2.02. The van der Waals surface area contributed by atoms with Crippen molar-refractivity contribution in [3.63, 3.8) is 0 Å². The van der Waals surface area contributed by atoms with Crippen molar-refractivity contribution in [2.24, 2.45) is 5.92 Å². The quantitative estimate of drug-likeness (QED) is 0.679. The van der Waals surface area contributed by atoms with Crippen LogP contribution >= 0.6 is 0 Å². The smallest absolute Gasteiger partial charge is 0.410 e. The van der Waals surface area contributed by atoms with E-state index in [0.29, 0.717) is 5.92 Å². The van der Waals surface area contributed by atoms with Crippen LogP contribution in [0.5, 0.6) is 0 Å². The van der Waals surface area contributed by atoms with Crippen LogP contribution in [0.2, 0.25) is 0 Å². The normalized spacial score (nSPS) is 13.2. The van der Waals surface area contributed by atoms with Crippen LogP contribution in [0.15, 0.2) is 0 Å². The van der Waals surface area contributed by atoms with E-state index in [1.54, 1.807) is 11.9 Å². The molecule has 1 unspecified atom stereocenters. The molecule has 0 radical (unpaired) electrons. The molecule has 3 nitrogen and oxygen atoms in total. The van der Waals surface area contributed by atoms with E-state index in [9.17, 15) is 4.79 Å². The first-order valence-corrected chi connectivity index (χ1v) is 4.79. The Bertz CT molecular complexity index is 166. The fraction of sp³-hybridized carbons (Fsp3) is 0.900. The highest BCUT2D eigenvalue weighted by molar-refractivity contribution is 5.67. The lowest BCUT2D eigenvalue weighted by atomic mass is 10.1. The SMILES string of the molecule is CC(C)C(C)OC(=O)N(C)C(C)C. The van der Waals surface area contributed by atoms with E-state index < -0.39 is 0 Å². The van der Waals surface area contributed by atoms with Crippen LogP contribution in [0.3, 0.4) is 0 Å². The molecule has 0 spiro atoms. The fourth-order valence-corrected chi connectivity index (χ4v) is 0.589. The maximum atomic E-state index is 11.4. The topological polar surface area (TPSA) is 29.5 Å². The van der Waals surface area contributed by atoms with E-state index in [1.165, 1.54) is 0 Å². The second-order valence-corrected chi connectivity index (χ2v) is 4.04. The summed E-state index contributed by atoms with van der Waals surface area (Å²) in [7, 11) is 1.75. The van der Waals surface area contributed by atoms with Crippen molar-refractivity contribution in [2.75, 3.05) is 7.05 Å². The van der Waals surface area contributed by atoms with Crippen LogP contribution in [0.1, 0.15) is 34.6 Å². The van der Waals surface area contributed by atoms with Gasteiger partial charge in [0.1, 0.15) is 6.10 Å². The third-order valence-corrected chi connectivity index (χ3v) is 2.29. The Morgan fingerprint density at radius 3 is 1.92 bits per heavy atom. The van der Waals surface area contributed by atoms with E-state index in [-0.39, 0.29) is 18.2 Å². The number of amides is 1. The van der Waals surface area contributed by atoms with Crippen molar-refractivity contribution in [3.05, 3.63) is 0 Å². The molecule has 0 N–H and O–H groups in total. The number of nitrogens with zero attached hydrogens (tertiary/aromatic N) is 1. The summed E-state index contributed by atoms with van der Waals surface area (Å²) in [5.41, 5.74) is 0. The molecule has 1 amide bonds. The highest BCUT2D eigenvalue weighted by Crippen LogP contribution is 2.08. The number of hydrogen-bond donors (Lipinski definition) is 0. The van der Waals surface area contributed by atoms with Gasteiger partial charge in [-0.25, -0.2) is 4.79 Å². The zero-order valence-corrected chi connectivity index (χ0v) is 9.50. The molecule has 78 valence electrons. The summed E-state index contributed by atoms with van der Waals surface area (Å²) in [6, 6.07) is 0.187. The minimum Gasteiger partial charge on any atom is -0.446 e. The molecule has 0 fully saturated rings. The van der Waals surface area contributed by atoms with E-state index >= 15 is 0 Å². The summed E-state index contributed by atoms with van der Waals surface area (Å²) in [5, 5.41) is 0. The molecule has 0 saturated heterocycles. The predicted molar refractivity (Wildman–Crippen MR) is 53.7 cm³/mol. The van der Waals surface area contributed by atoms with Crippen molar-refractivity contribution in [1.29, 1.82) is 0 Å². The van der Waals surface area contributed by atoms with Gasteiger partial charge in [0.25, 0.3) is 0 Å². The van der Waals surface area contributed by atoms with Gasteiger partial charge in [-0.3, -0.25) is 0 Å². The van der Waals surface area contributed by atoms with Gasteiger partial charge < -0.3 is 9.64 Å². The van der Waals surface area contributed by atoms with Crippen LogP contribution in [0, 0.1) is 5.92 Å². The zero-order chi connectivity index (χ0) is 10.6. The summed E-state index contributed by atoms with van der Waals surface area (Å²) in [6.07, 6.45) is -0.259. The van der Waals surface area contributed by atoms with Crippen molar-refractivity contribution in [1.82, 2.24) is 4.90 Å². The van der Waals surface area contributed by atoms with Crippen LogP contribution in [-0.4, -0.2) is 30.2 Å². The molecule has 1 atom stereocenters. The molecule has 0 rings (SSSR count). The first kappa shape index (κ1) is 12.3. The van der Waals surface area contributed by atoms with E-state index in [1.807, 2.05) is 34.6 Å². The Labute approximate surface area is 81.1 Å². The molecule has 3 heteroatoms. The standard InChI is InChI=1S/C10H21NO2/c1-7(2)9(5)13-10(12)11(6)8(3)4/h7-9H,1-6H3. The minimum absolute atomic E-state index is 0.0197. The van der Waals surface area contributed by atoms with Crippen molar-refractivity contribution < 1.29 is 9.53 Å². The molecule has 0 heterocycles. The molecule has 0 bridgehead atoms. The molecular weight excluding hydrogens is 166 g/mol. The average molecular weight is 187 g/mol. The molecule has 0 aliphatic carbocycles. The molecular formula is C10H21NO2. The van der Waals surface area contributed by atoms with Gasteiger partial charge in [-0.05, 0) is 26.7 Å². The lowest BCUT2D eigenvalue weighted by Gasteiger charge is -2.24. The summed E-state index contributed by atoms with van der Waals surface area (Å²) >= 11 is 0. The van der Waals surface area contributed by atoms with Gasteiger partial charge in [-0.1, -0.05) is 13.8 Å². The molecule has 0 saturated carbocycles. The van der Waals surface area contributed by atoms with E-state index in [0.717, 1.165) is 0 Å². The monoisotopic (exact) mass is 187 g/mol. The number of rotatable bonds is 3. The van der Waals surface area contributed by atoms with Gasteiger partial charge in [-0.2, -0.15) is 0 Å². The Morgan fingerprint density at radius 1 is 1.15 bits per heavy atom. The molecule has 0 aliphatic rings. The number of hydrogen-bond acceptors (Lipinski definition) is 2. The summed E-state index contributed by atoms with van der Waals surface area (Å²) in [5.74, 6) is 0.365. The first-order valence-electron chi connectivity index (χ1n) is 4.79. The van der Waals surface area contributed by atoms with E-state index in [2.05, 4.69) is 0 Å². The van der Waals surface area contributed by atoms with Gasteiger partial charge in [-0.15, -0.1) is 0 Å². The summed E-state index contributed by atoms with van der Waals surface area (Å²) in [4.78, 5) is 13.0. The highest BCUT2D eigenvalue weighted by Gasteiger charge is 2.17.